The summed E-state index contributed by atoms with van der Waals surface area (Å²) in [6, 6.07) is 0. The third-order valence-corrected chi connectivity index (χ3v) is 1.06. The van der Waals surface area contributed by atoms with Crippen LogP contribution in [-0.2, 0) is 10.9 Å². The van der Waals surface area contributed by atoms with Crippen LogP contribution in [0.1, 0.15) is 0 Å². The van der Waals surface area contributed by atoms with E-state index in [1.807, 2.05) is 0 Å². The Morgan fingerprint density at radius 2 is 2.14 bits per heavy atom. The van der Waals surface area contributed by atoms with Crippen molar-refractivity contribution < 1.29 is 8.42 Å². The quantitative estimate of drug-likeness (QED) is 0.443. The lowest BCUT2D eigenvalue weighted by Crippen LogP contribution is -2.13. The van der Waals surface area contributed by atoms with Crippen LogP contribution in [0.3, 0.4) is 0 Å². The van der Waals surface area contributed by atoms with Crippen LogP contribution in [0, 0.1) is 0 Å². The van der Waals surface area contributed by atoms with E-state index >= 15 is 0 Å². The fourth-order valence-electron chi connectivity index (χ4n) is 0.141. The lowest BCUT2D eigenvalue weighted by atomic mass is 10.8. The molecule has 0 rings (SSSR count). The second-order valence-electron chi connectivity index (χ2n) is 0.889. The molecule has 0 heterocycles. The van der Waals surface area contributed by atoms with Crippen molar-refractivity contribution >= 4 is 23.5 Å². The van der Waals surface area contributed by atoms with E-state index in [0.717, 1.165) is 0 Å². The maximum absolute atomic E-state index is 9.65. The van der Waals surface area contributed by atoms with E-state index in [1.165, 1.54) is 0 Å². The predicted molar refractivity (Wildman–Crippen MR) is 32.2 cm³/mol. The largest absolute Gasteiger partial charge is 0.217 e. The minimum Gasteiger partial charge on any atom is -0.217 e. The molecule has 0 aromatic rings. The first-order valence-corrected chi connectivity index (χ1v) is 3.57. The van der Waals surface area contributed by atoms with Gasteiger partial charge in [-0.1, -0.05) is 0 Å². The first kappa shape index (κ1) is 7.26. The Balaban J connectivity index is 2.98. The van der Waals surface area contributed by atoms with Gasteiger partial charge >= 0.3 is 0 Å². The molecule has 44 valence electrons. The summed E-state index contributed by atoms with van der Waals surface area (Å²) in [5.74, 6) is 0.545. The summed E-state index contributed by atoms with van der Waals surface area (Å²) in [7, 11) is -2.41. The lowest BCUT2D eigenvalue weighted by Gasteiger charge is -1.85. The van der Waals surface area contributed by atoms with Gasteiger partial charge in [0.1, 0.15) is 0 Å². The van der Waals surface area contributed by atoms with Crippen LogP contribution in [-0.4, -0.2) is 20.7 Å². The number of thiol groups is 2. The van der Waals surface area contributed by atoms with E-state index < -0.39 is 10.9 Å². The summed E-state index contributed by atoms with van der Waals surface area (Å²) in [4.78, 5) is 0. The van der Waals surface area contributed by atoms with Crippen LogP contribution in [0.4, 0.5) is 0 Å². The molecule has 0 aliphatic heterocycles. The van der Waals surface area contributed by atoms with Gasteiger partial charge in [0.2, 0.25) is 10.9 Å². The molecule has 1 N–H and O–H groups in total. The molecule has 0 aromatic heterocycles. The Morgan fingerprint density at radius 3 is 2.29 bits per heavy atom. The van der Waals surface area contributed by atoms with E-state index in [4.69, 9.17) is 0 Å². The second kappa shape index (κ2) is 4.42. The Bertz CT molecular complexity index is 91.9. The highest BCUT2D eigenvalue weighted by molar-refractivity contribution is 7.80. The fraction of sp³-hybridized carbons (Fsp3) is 1.00. The Kier molecular flexibility index (Phi) is 4.58. The van der Waals surface area contributed by atoms with Crippen molar-refractivity contribution in [1.29, 1.82) is 0 Å². The molecule has 0 saturated heterocycles. The van der Waals surface area contributed by atoms with Crippen LogP contribution >= 0.6 is 12.6 Å². The van der Waals surface area contributed by atoms with Crippen molar-refractivity contribution in [3.05, 3.63) is 0 Å². The monoisotopic (exact) mass is 141 g/mol. The minimum absolute atomic E-state index is 0.418. The summed E-state index contributed by atoms with van der Waals surface area (Å²) >= 11 is 3.77. The molecule has 7 heavy (non-hydrogen) atoms. The van der Waals surface area contributed by atoms with E-state index in [2.05, 4.69) is 17.4 Å². The van der Waals surface area contributed by atoms with Crippen molar-refractivity contribution in [3.63, 3.8) is 0 Å². The predicted octanol–water partition coefficient (Wildman–Crippen LogP) is -0.968. The molecule has 0 unspecified atom stereocenters. The Morgan fingerprint density at radius 1 is 1.57 bits per heavy atom. The Hall–Kier alpha value is 0.260. The van der Waals surface area contributed by atoms with Crippen LogP contribution < -0.4 is 4.72 Å². The summed E-state index contributed by atoms with van der Waals surface area (Å²) in [5, 5.41) is 0. The van der Waals surface area contributed by atoms with Gasteiger partial charge < -0.3 is 0 Å². The van der Waals surface area contributed by atoms with E-state index in [0.29, 0.717) is 12.3 Å². The molecular formula is C2H7NO2S2. The topological polar surface area (TPSA) is 46.2 Å². The number of rotatable bonds is 3. The highest BCUT2D eigenvalue weighted by Crippen LogP contribution is 1.65. The molecule has 0 aromatic carbocycles. The van der Waals surface area contributed by atoms with Gasteiger partial charge in [0, 0.05) is 12.3 Å². The van der Waals surface area contributed by atoms with Crippen molar-refractivity contribution in [2.75, 3.05) is 12.3 Å². The molecule has 0 bridgehead atoms. The third-order valence-electron chi connectivity index (χ3n) is 0.353. The summed E-state index contributed by atoms with van der Waals surface area (Å²) in [6.07, 6.45) is 0. The maximum atomic E-state index is 9.65. The molecular weight excluding hydrogens is 134 g/mol. The maximum Gasteiger partial charge on any atom is 0.201 e. The normalized spacial score (nSPS) is 10.0. The molecule has 0 aliphatic carbocycles. The van der Waals surface area contributed by atoms with Gasteiger partial charge in [-0.25, -0.2) is 13.1 Å². The SMILES string of the molecule is O=[SH](=O)NCCS. The van der Waals surface area contributed by atoms with Gasteiger partial charge in [0.05, 0.1) is 0 Å². The number of nitrogens with one attached hydrogen (secondary N) is 1. The zero-order valence-corrected chi connectivity index (χ0v) is 5.41. The number of hydrogen-bond donors (Lipinski definition) is 3. The van der Waals surface area contributed by atoms with Crippen molar-refractivity contribution in [3.8, 4) is 0 Å². The van der Waals surface area contributed by atoms with Crippen LogP contribution in [0.2, 0.25) is 0 Å². The van der Waals surface area contributed by atoms with Crippen molar-refractivity contribution in [1.82, 2.24) is 4.72 Å². The molecule has 0 radical (unpaired) electrons. The first-order valence-electron chi connectivity index (χ1n) is 1.76. The summed E-state index contributed by atoms with van der Waals surface area (Å²) in [5.41, 5.74) is 0. The average Bonchev–Trinajstić information content (AvgIpc) is 1.61. The van der Waals surface area contributed by atoms with E-state index in [9.17, 15) is 8.42 Å². The van der Waals surface area contributed by atoms with Crippen LogP contribution in [0.15, 0.2) is 0 Å². The number of hydrogen-bond acceptors (Lipinski definition) is 3. The molecule has 5 heteroatoms. The van der Waals surface area contributed by atoms with Gasteiger partial charge in [-0.2, -0.15) is 12.6 Å². The molecule has 0 saturated carbocycles. The smallest absolute Gasteiger partial charge is 0.201 e. The zero-order valence-electron chi connectivity index (χ0n) is 3.63. The minimum atomic E-state index is -2.41. The fourth-order valence-corrected chi connectivity index (χ4v) is 0.724. The van der Waals surface area contributed by atoms with E-state index in [-0.39, 0.29) is 0 Å². The Labute approximate surface area is 49.6 Å². The van der Waals surface area contributed by atoms with Gasteiger partial charge in [0.15, 0.2) is 0 Å². The van der Waals surface area contributed by atoms with E-state index in [1.54, 1.807) is 0 Å². The van der Waals surface area contributed by atoms with Crippen molar-refractivity contribution in [2.45, 2.75) is 0 Å². The van der Waals surface area contributed by atoms with Gasteiger partial charge in [0.25, 0.3) is 0 Å². The van der Waals surface area contributed by atoms with Crippen molar-refractivity contribution in [2.24, 2.45) is 0 Å². The summed E-state index contributed by atoms with van der Waals surface area (Å²) < 4.78 is 21.5. The van der Waals surface area contributed by atoms with Gasteiger partial charge in [-0.3, -0.25) is 0 Å². The van der Waals surface area contributed by atoms with Gasteiger partial charge in [-0.15, -0.1) is 0 Å². The third kappa shape index (κ3) is 6.26. The lowest BCUT2D eigenvalue weighted by molar-refractivity contribution is 0.604. The molecule has 0 aliphatic rings. The molecule has 0 fully saturated rings. The van der Waals surface area contributed by atoms with Crippen LogP contribution in [0.5, 0.6) is 0 Å². The first-order chi connectivity index (χ1) is 3.27. The second-order valence-corrected chi connectivity index (χ2v) is 2.17. The molecule has 3 nitrogen and oxygen atoms in total. The highest BCUT2D eigenvalue weighted by Gasteiger charge is 1.77. The molecule has 0 amide bonds. The highest BCUT2D eigenvalue weighted by atomic mass is 32.2. The van der Waals surface area contributed by atoms with Gasteiger partial charge in [-0.05, 0) is 0 Å². The van der Waals surface area contributed by atoms with Crippen LogP contribution in [0.25, 0.3) is 0 Å². The average molecular weight is 141 g/mol. The zero-order chi connectivity index (χ0) is 5.70. The standard InChI is InChI=1S/C2H7NO2S2/c4-7(5)3-1-2-6/h6-7H,1-2H2,(H,3,4,5). The molecule has 0 spiro atoms. The summed E-state index contributed by atoms with van der Waals surface area (Å²) in [6.45, 7) is 0.418. The molecule has 0 atom stereocenters.